The van der Waals surface area contributed by atoms with E-state index in [1.54, 1.807) is 4.52 Å². The SMILES string of the molecule is Nc1ncnn2c(CN3CCOCC3)c(Cl)cc12. The second kappa shape index (κ2) is 4.72. The van der Waals surface area contributed by atoms with E-state index in [0.29, 0.717) is 10.8 Å². The molecule has 0 aromatic carbocycles. The van der Waals surface area contributed by atoms with Crippen LogP contribution in [0, 0.1) is 0 Å². The number of aromatic nitrogens is 3. The standard InChI is InChI=1S/C11H14ClN5O/c12-8-5-9-11(13)14-7-15-17(9)10(8)6-16-1-3-18-4-2-16/h5,7H,1-4,6H2,(H2,13,14,15). The number of anilines is 1. The molecule has 7 heteroatoms. The molecule has 0 amide bonds. The van der Waals surface area contributed by atoms with Crippen LogP contribution in [0.2, 0.25) is 5.02 Å². The van der Waals surface area contributed by atoms with Crippen LogP contribution in [0.25, 0.3) is 5.52 Å². The van der Waals surface area contributed by atoms with E-state index >= 15 is 0 Å². The van der Waals surface area contributed by atoms with Crippen LogP contribution in [-0.2, 0) is 11.3 Å². The number of nitrogens with two attached hydrogens (primary N) is 1. The number of fused-ring (bicyclic) bond motifs is 1. The zero-order valence-electron chi connectivity index (χ0n) is 9.84. The Labute approximate surface area is 109 Å². The van der Waals surface area contributed by atoms with E-state index in [1.165, 1.54) is 6.33 Å². The zero-order chi connectivity index (χ0) is 12.5. The largest absolute Gasteiger partial charge is 0.382 e. The maximum absolute atomic E-state index is 6.26. The van der Waals surface area contributed by atoms with Gasteiger partial charge in [0.1, 0.15) is 11.8 Å². The van der Waals surface area contributed by atoms with Gasteiger partial charge in [0.05, 0.1) is 23.9 Å². The normalized spacial score (nSPS) is 17.4. The number of nitrogens with zero attached hydrogens (tertiary/aromatic N) is 4. The van der Waals surface area contributed by atoms with Gasteiger partial charge in [0.15, 0.2) is 5.82 Å². The van der Waals surface area contributed by atoms with Crippen LogP contribution in [0.15, 0.2) is 12.4 Å². The van der Waals surface area contributed by atoms with Crippen LogP contribution < -0.4 is 5.73 Å². The highest BCUT2D eigenvalue weighted by atomic mass is 35.5. The van der Waals surface area contributed by atoms with Gasteiger partial charge in [0.25, 0.3) is 0 Å². The molecule has 0 atom stereocenters. The first-order valence-electron chi connectivity index (χ1n) is 5.82. The molecule has 1 aliphatic heterocycles. The molecule has 3 heterocycles. The van der Waals surface area contributed by atoms with Crippen molar-refractivity contribution in [3.8, 4) is 0 Å². The molecule has 18 heavy (non-hydrogen) atoms. The lowest BCUT2D eigenvalue weighted by atomic mass is 10.3. The predicted octanol–water partition coefficient (Wildman–Crippen LogP) is 0.797. The molecule has 0 unspecified atom stereocenters. The van der Waals surface area contributed by atoms with Gasteiger partial charge in [-0.15, -0.1) is 0 Å². The summed E-state index contributed by atoms with van der Waals surface area (Å²) < 4.78 is 7.09. The number of morpholine rings is 1. The molecule has 3 rings (SSSR count). The van der Waals surface area contributed by atoms with E-state index in [0.717, 1.165) is 44.1 Å². The molecule has 1 aliphatic rings. The van der Waals surface area contributed by atoms with Crippen LogP contribution in [0.3, 0.4) is 0 Å². The third kappa shape index (κ3) is 2.03. The van der Waals surface area contributed by atoms with Gasteiger partial charge >= 0.3 is 0 Å². The molecule has 0 radical (unpaired) electrons. The van der Waals surface area contributed by atoms with Crippen molar-refractivity contribution in [1.82, 2.24) is 19.5 Å². The van der Waals surface area contributed by atoms with Crippen molar-refractivity contribution in [3.63, 3.8) is 0 Å². The minimum absolute atomic E-state index is 0.445. The lowest BCUT2D eigenvalue weighted by Gasteiger charge is -2.26. The van der Waals surface area contributed by atoms with E-state index in [9.17, 15) is 0 Å². The smallest absolute Gasteiger partial charge is 0.151 e. The van der Waals surface area contributed by atoms with Gasteiger partial charge < -0.3 is 10.5 Å². The van der Waals surface area contributed by atoms with Crippen molar-refractivity contribution in [2.45, 2.75) is 6.54 Å². The number of hydrogen-bond donors (Lipinski definition) is 1. The van der Waals surface area contributed by atoms with Gasteiger partial charge in [-0.05, 0) is 6.07 Å². The molecule has 0 spiro atoms. The van der Waals surface area contributed by atoms with Crippen molar-refractivity contribution < 1.29 is 4.74 Å². The lowest BCUT2D eigenvalue weighted by molar-refractivity contribution is 0.0334. The average molecular weight is 268 g/mol. The predicted molar refractivity (Wildman–Crippen MR) is 68.5 cm³/mol. The first-order chi connectivity index (χ1) is 8.75. The molecule has 0 aliphatic carbocycles. The van der Waals surface area contributed by atoms with Crippen LogP contribution in [-0.4, -0.2) is 45.8 Å². The van der Waals surface area contributed by atoms with E-state index < -0.39 is 0 Å². The maximum Gasteiger partial charge on any atom is 0.151 e. The Morgan fingerprint density at radius 1 is 1.39 bits per heavy atom. The zero-order valence-corrected chi connectivity index (χ0v) is 10.6. The Bertz CT molecular complexity index is 564. The molecule has 2 N–H and O–H groups in total. The van der Waals surface area contributed by atoms with Crippen molar-refractivity contribution >= 4 is 22.9 Å². The first kappa shape index (κ1) is 11.7. The molecular formula is C11H14ClN5O. The summed E-state index contributed by atoms with van der Waals surface area (Å²) in [5.41, 5.74) is 7.51. The average Bonchev–Trinajstić information content (AvgIpc) is 2.70. The van der Waals surface area contributed by atoms with Gasteiger partial charge in [-0.2, -0.15) is 5.10 Å². The summed E-state index contributed by atoms with van der Waals surface area (Å²) in [6.45, 7) is 4.08. The molecular weight excluding hydrogens is 254 g/mol. The fourth-order valence-electron chi connectivity index (χ4n) is 2.14. The second-order valence-electron chi connectivity index (χ2n) is 4.27. The molecule has 6 nitrogen and oxygen atoms in total. The van der Waals surface area contributed by atoms with E-state index in [1.807, 2.05) is 6.07 Å². The Balaban J connectivity index is 1.95. The highest BCUT2D eigenvalue weighted by molar-refractivity contribution is 6.31. The van der Waals surface area contributed by atoms with Crippen molar-refractivity contribution in [2.24, 2.45) is 0 Å². The number of rotatable bonds is 2. The monoisotopic (exact) mass is 267 g/mol. The van der Waals surface area contributed by atoms with E-state index in [2.05, 4.69) is 15.0 Å². The van der Waals surface area contributed by atoms with Crippen molar-refractivity contribution in [3.05, 3.63) is 23.1 Å². The highest BCUT2D eigenvalue weighted by Crippen LogP contribution is 2.24. The highest BCUT2D eigenvalue weighted by Gasteiger charge is 2.17. The second-order valence-corrected chi connectivity index (χ2v) is 4.68. The summed E-state index contributed by atoms with van der Waals surface area (Å²) in [5.74, 6) is 0.445. The molecule has 2 aromatic heterocycles. The quantitative estimate of drug-likeness (QED) is 0.872. The van der Waals surface area contributed by atoms with Gasteiger partial charge in [-0.25, -0.2) is 9.50 Å². The fraction of sp³-hybridized carbons (Fsp3) is 0.455. The summed E-state index contributed by atoms with van der Waals surface area (Å²) in [7, 11) is 0. The topological polar surface area (TPSA) is 68.7 Å². The number of hydrogen-bond acceptors (Lipinski definition) is 5. The van der Waals surface area contributed by atoms with Gasteiger partial charge in [-0.3, -0.25) is 4.90 Å². The Morgan fingerprint density at radius 3 is 2.94 bits per heavy atom. The number of halogens is 1. The minimum atomic E-state index is 0.445. The first-order valence-corrected chi connectivity index (χ1v) is 6.20. The van der Waals surface area contributed by atoms with Crippen LogP contribution in [0.5, 0.6) is 0 Å². The molecule has 0 saturated carbocycles. The molecule has 96 valence electrons. The summed E-state index contributed by atoms with van der Waals surface area (Å²) in [4.78, 5) is 6.25. The Morgan fingerprint density at radius 2 is 2.17 bits per heavy atom. The van der Waals surface area contributed by atoms with Crippen LogP contribution >= 0.6 is 11.6 Å². The van der Waals surface area contributed by atoms with Crippen molar-refractivity contribution in [1.29, 1.82) is 0 Å². The van der Waals surface area contributed by atoms with Crippen LogP contribution in [0.4, 0.5) is 5.82 Å². The lowest BCUT2D eigenvalue weighted by Crippen LogP contribution is -2.36. The Kier molecular flexibility index (Phi) is 3.07. The van der Waals surface area contributed by atoms with E-state index in [4.69, 9.17) is 22.1 Å². The van der Waals surface area contributed by atoms with Crippen molar-refractivity contribution in [2.75, 3.05) is 32.0 Å². The number of nitrogen functional groups attached to an aromatic ring is 1. The fourth-order valence-corrected chi connectivity index (χ4v) is 2.39. The Hall–Kier alpha value is -1.37. The molecule has 1 saturated heterocycles. The molecule has 2 aromatic rings. The summed E-state index contributed by atoms with van der Waals surface area (Å²) in [6.07, 6.45) is 1.45. The number of ether oxygens (including phenoxy) is 1. The van der Waals surface area contributed by atoms with Gasteiger partial charge in [0, 0.05) is 19.6 Å². The summed E-state index contributed by atoms with van der Waals surface area (Å²) >= 11 is 6.26. The maximum atomic E-state index is 6.26. The van der Waals surface area contributed by atoms with Gasteiger partial charge in [-0.1, -0.05) is 11.6 Å². The van der Waals surface area contributed by atoms with Crippen LogP contribution in [0.1, 0.15) is 5.69 Å². The summed E-state index contributed by atoms with van der Waals surface area (Å²) in [5, 5.41) is 4.89. The van der Waals surface area contributed by atoms with E-state index in [-0.39, 0.29) is 0 Å². The minimum Gasteiger partial charge on any atom is -0.382 e. The van der Waals surface area contributed by atoms with Gasteiger partial charge in [0.2, 0.25) is 0 Å². The third-order valence-electron chi connectivity index (χ3n) is 3.13. The summed E-state index contributed by atoms with van der Waals surface area (Å²) in [6, 6.07) is 1.81. The molecule has 0 bridgehead atoms. The third-order valence-corrected chi connectivity index (χ3v) is 3.45. The molecule has 1 fully saturated rings.